The Hall–Kier alpha value is -12.5. The molecule has 0 fully saturated rings. The summed E-state index contributed by atoms with van der Waals surface area (Å²) in [5.41, 5.74) is 19.1. The Kier molecular flexibility index (Phi) is 12.2. The summed E-state index contributed by atoms with van der Waals surface area (Å²) in [6.07, 6.45) is 0. The van der Waals surface area contributed by atoms with Gasteiger partial charge in [0.25, 0.3) is 0 Å². The van der Waals surface area contributed by atoms with E-state index in [9.17, 15) is 15.8 Å². The molecule has 0 unspecified atom stereocenters. The van der Waals surface area contributed by atoms with Crippen molar-refractivity contribution in [1.82, 2.24) is 19.1 Å². The predicted octanol–water partition coefficient (Wildman–Crippen LogP) is 19.1. The molecule has 0 radical (unpaired) electrons. The van der Waals surface area contributed by atoms with E-state index in [2.05, 4.69) is 134 Å². The zero-order chi connectivity index (χ0) is 56.8. The van der Waals surface area contributed by atoms with Crippen molar-refractivity contribution >= 4 is 55.0 Å². The van der Waals surface area contributed by atoms with Crippen molar-refractivity contribution < 1.29 is 0 Å². The normalized spacial score (nSPS) is 11.0. The van der Waals surface area contributed by atoms with Gasteiger partial charge in [0.05, 0.1) is 98.4 Å². The lowest BCUT2D eigenvalue weighted by Gasteiger charge is -2.21. The van der Waals surface area contributed by atoms with Gasteiger partial charge in [-0.15, -0.1) is 0 Å². The molecule has 0 amide bonds. The summed E-state index contributed by atoms with van der Waals surface area (Å²) in [6.45, 7) is 15.3. The number of nitrogens with zero attached hydrogens (tertiary/aromatic N) is 9. The van der Waals surface area contributed by atoms with Gasteiger partial charge in [-0.3, -0.25) is 0 Å². The molecule has 3 heterocycles. The number of rotatable bonds is 9. The first kappa shape index (κ1) is 49.8. The van der Waals surface area contributed by atoms with Gasteiger partial charge in [-0.2, -0.15) is 15.8 Å². The van der Waals surface area contributed by atoms with Crippen LogP contribution in [0.3, 0.4) is 0 Å². The van der Waals surface area contributed by atoms with Crippen molar-refractivity contribution in [2.24, 2.45) is 0 Å². The van der Waals surface area contributed by atoms with E-state index < -0.39 is 0 Å². The molecule has 0 atom stereocenters. The van der Waals surface area contributed by atoms with Gasteiger partial charge in [0, 0.05) is 32.7 Å². The summed E-state index contributed by atoms with van der Waals surface area (Å²) in [5.74, 6) is 0.436. The molecule has 0 aliphatic rings. The molecule has 0 saturated heterocycles. The molecule has 9 nitrogen and oxygen atoms in total. The number of benzene rings is 11. The van der Waals surface area contributed by atoms with Gasteiger partial charge in [-0.25, -0.2) is 19.7 Å². The zero-order valence-electron chi connectivity index (χ0n) is 44.7. The van der Waals surface area contributed by atoms with E-state index in [0.717, 1.165) is 99.2 Å². The number of hydrogen-bond acceptors (Lipinski definition) is 5. The highest BCUT2D eigenvalue weighted by atomic mass is 15.0. The van der Waals surface area contributed by atoms with Crippen LogP contribution >= 0.6 is 0 Å². The number of hydrogen-bond donors (Lipinski definition) is 0. The highest BCUT2D eigenvalue weighted by Gasteiger charge is 2.27. The maximum atomic E-state index is 11.4. The predicted molar refractivity (Wildman–Crippen MR) is 335 cm³/mol. The second kappa shape index (κ2) is 20.7. The lowest BCUT2D eigenvalue weighted by atomic mass is 9.99. The van der Waals surface area contributed by atoms with Crippen molar-refractivity contribution in [1.29, 1.82) is 15.8 Å². The first-order valence-electron chi connectivity index (χ1n) is 27.1. The Morgan fingerprint density at radius 1 is 0.310 bits per heavy atom. The van der Waals surface area contributed by atoms with E-state index in [-0.39, 0.29) is 0 Å². The molecular formula is C75H41N9. The highest BCUT2D eigenvalue weighted by molar-refractivity contribution is 6.14. The lowest BCUT2D eigenvalue weighted by molar-refractivity contribution is 1.10. The quantitative estimate of drug-likeness (QED) is 0.134. The van der Waals surface area contributed by atoms with E-state index in [1.54, 1.807) is 0 Å². The minimum absolute atomic E-state index is 0.410. The zero-order valence-corrected chi connectivity index (χ0v) is 44.7. The van der Waals surface area contributed by atoms with Crippen molar-refractivity contribution in [2.45, 2.75) is 0 Å². The molecule has 0 N–H and O–H groups in total. The molecule has 3 aromatic heterocycles. The Balaban J connectivity index is 1.12. The van der Waals surface area contributed by atoms with Gasteiger partial charge >= 0.3 is 0 Å². The third-order valence-electron chi connectivity index (χ3n) is 15.7. The average molecular weight is 1070 g/mol. The lowest BCUT2D eigenvalue weighted by Crippen LogP contribution is -2.07. The molecular weight excluding hydrogens is 1030 g/mol. The van der Waals surface area contributed by atoms with Crippen LogP contribution in [0.25, 0.3) is 143 Å². The van der Waals surface area contributed by atoms with E-state index in [0.29, 0.717) is 62.2 Å². The van der Waals surface area contributed by atoms with Gasteiger partial charge < -0.3 is 9.13 Å². The Morgan fingerprint density at radius 2 is 0.619 bits per heavy atom. The standard InChI is InChI=1S/C75H41N9/c1-79-60-29-21-52(22-30-60)58-27-35-70-64(41-58)65-42-59(53-23-31-61(80-2)32-24-53)28-36-71(65)84(70)73-38-49(46-78)37-72(74(73)75-81-66(54-9-5-3-6-10-54)43-67(82-75)55-11-7-4-8-12-55)83-68-33-25-56(50-17-13-47(44-76)14-18-50)39-62(68)63-40-57(26-34-69(63)83)51-19-15-48(45-77)16-20-51/h3-43H. The van der Waals surface area contributed by atoms with E-state index in [4.69, 9.17) is 23.1 Å². The first-order chi connectivity index (χ1) is 41.4. The Labute approximate surface area is 483 Å². The van der Waals surface area contributed by atoms with Crippen LogP contribution in [0.15, 0.2) is 249 Å². The smallest absolute Gasteiger partial charge is 0.187 e. The second-order valence-corrected chi connectivity index (χ2v) is 20.5. The van der Waals surface area contributed by atoms with Crippen molar-refractivity contribution in [3.8, 4) is 108 Å². The van der Waals surface area contributed by atoms with E-state index in [1.165, 1.54) is 0 Å². The van der Waals surface area contributed by atoms with Crippen LogP contribution in [0.5, 0.6) is 0 Å². The molecule has 386 valence electrons. The summed E-state index contributed by atoms with van der Waals surface area (Å²) >= 11 is 0. The fraction of sp³-hybridized carbons (Fsp3) is 0. The fourth-order valence-corrected chi connectivity index (χ4v) is 11.5. The summed E-state index contributed by atoms with van der Waals surface area (Å²) in [6, 6.07) is 89.4. The SMILES string of the molecule is [C-]#[N+]c1ccc(-c2ccc3c(c2)c2cc(-c4ccc([N+]#[C-])cc4)ccc2n3-c2cc(C#N)cc(-n3c4ccc(-c5ccc(C#N)cc5)cc4c4cc(-c5ccc(C#N)cc5)ccc43)c2-c2nc(-c3ccccc3)cc(-c3ccccc3)n2)cc1. The van der Waals surface area contributed by atoms with Gasteiger partial charge in [0.2, 0.25) is 0 Å². The summed E-state index contributed by atoms with van der Waals surface area (Å²) in [5, 5.41) is 34.6. The second-order valence-electron chi connectivity index (χ2n) is 20.5. The molecule has 14 aromatic rings. The summed E-state index contributed by atoms with van der Waals surface area (Å²) < 4.78 is 4.47. The molecule has 0 aliphatic heterocycles. The maximum Gasteiger partial charge on any atom is 0.187 e. The summed E-state index contributed by atoms with van der Waals surface area (Å²) in [4.78, 5) is 18.5. The van der Waals surface area contributed by atoms with Gasteiger partial charge in [-0.1, -0.05) is 158 Å². The van der Waals surface area contributed by atoms with Crippen LogP contribution < -0.4 is 0 Å². The Bertz CT molecular complexity index is 4650. The molecule has 11 aromatic carbocycles. The van der Waals surface area contributed by atoms with Crippen LogP contribution in [0.4, 0.5) is 11.4 Å². The Morgan fingerprint density at radius 3 is 0.929 bits per heavy atom. The molecule has 0 aliphatic carbocycles. The molecule has 84 heavy (non-hydrogen) atoms. The largest absolute Gasteiger partial charge is 0.308 e. The van der Waals surface area contributed by atoms with Crippen LogP contribution in [-0.4, -0.2) is 19.1 Å². The van der Waals surface area contributed by atoms with E-state index in [1.807, 2.05) is 152 Å². The monoisotopic (exact) mass is 1070 g/mol. The van der Waals surface area contributed by atoms with Crippen LogP contribution in [-0.2, 0) is 0 Å². The highest BCUT2D eigenvalue weighted by Crippen LogP contribution is 2.46. The molecule has 9 heteroatoms. The minimum Gasteiger partial charge on any atom is -0.308 e. The number of aromatic nitrogens is 4. The number of fused-ring (bicyclic) bond motifs is 6. The first-order valence-corrected chi connectivity index (χ1v) is 27.1. The van der Waals surface area contributed by atoms with Gasteiger partial charge in [-0.05, 0) is 136 Å². The van der Waals surface area contributed by atoms with Gasteiger partial charge in [0.15, 0.2) is 17.2 Å². The third-order valence-corrected chi connectivity index (χ3v) is 15.7. The van der Waals surface area contributed by atoms with Crippen molar-refractivity contribution in [3.63, 3.8) is 0 Å². The van der Waals surface area contributed by atoms with Crippen molar-refractivity contribution in [3.05, 3.63) is 288 Å². The van der Waals surface area contributed by atoms with Crippen LogP contribution in [0.2, 0.25) is 0 Å². The third kappa shape index (κ3) is 8.72. The topological polar surface area (TPSA) is 116 Å². The fourth-order valence-electron chi connectivity index (χ4n) is 11.5. The number of nitriles is 3. The van der Waals surface area contributed by atoms with Gasteiger partial charge in [0.1, 0.15) is 0 Å². The van der Waals surface area contributed by atoms with Crippen molar-refractivity contribution in [2.75, 3.05) is 0 Å². The average Bonchev–Trinajstić information content (AvgIpc) is 1.80. The van der Waals surface area contributed by atoms with Crippen LogP contribution in [0, 0.1) is 47.1 Å². The van der Waals surface area contributed by atoms with Crippen LogP contribution in [0.1, 0.15) is 16.7 Å². The summed E-state index contributed by atoms with van der Waals surface area (Å²) in [7, 11) is 0. The molecule has 0 saturated carbocycles. The van der Waals surface area contributed by atoms with E-state index >= 15 is 0 Å². The maximum absolute atomic E-state index is 11.4. The molecule has 14 rings (SSSR count). The minimum atomic E-state index is 0.410. The molecule has 0 bridgehead atoms. The molecule has 0 spiro atoms.